The summed E-state index contributed by atoms with van der Waals surface area (Å²) in [5.74, 6) is 0. The lowest BCUT2D eigenvalue weighted by molar-refractivity contribution is 0.0957. The Bertz CT molecular complexity index is 556. The van der Waals surface area contributed by atoms with Crippen LogP contribution in [0.4, 0.5) is 0 Å². The average molecular weight is 298 g/mol. The number of nitrogens with one attached hydrogen (secondary N) is 1. The van der Waals surface area contributed by atoms with E-state index in [-0.39, 0.29) is 11.0 Å². The second kappa shape index (κ2) is 5.81. The van der Waals surface area contributed by atoms with Crippen molar-refractivity contribution in [2.45, 2.75) is 43.2 Å². The summed E-state index contributed by atoms with van der Waals surface area (Å²) >= 11 is 0. The quantitative estimate of drug-likeness (QED) is 0.851. The molecule has 3 N–H and O–H groups in total. The van der Waals surface area contributed by atoms with Gasteiger partial charge in [-0.05, 0) is 50.9 Å². The lowest BCUT2D eigenvalue weighted by Crippen LogP contribution is -2.50. The molecule has 1 aliphatic heterocycles. The molecule has 2 rings (SSSR count). The zero-order valence-electron chi connectivity index (χ0n) is 11.9. The van der Waals surface area contributed by atoms with E-state index in [9.17, 15) is 8.42 Å². The lowest BCUT2D eigenvalue weighted by atomic mass is 9.97. The van der Waals surface area contributed by atoms with E-state index in [2.05, 4.69) is 4.72 Å². The van der Waals surface area contributed by atoms with Crippen molar-refractivity contribution in [1.82, 2.24) is 4.72 Å². The molecule has 1 aromatic rings. The highest BCUT2D eigenvalue weighted by Gasteiger charge is 2.40. The highest BCUT2D eigenvalue weighted by Crippen LogP contribution is 2.27. The fraction of sp³-hybridized carbons (Fsp3) is 0.571. The molecule has 1 heterocycles. The largest absolute Gasteiger partial charge is 0.376 e. The minimum atomic E-state index is -3.53. The van der Waals surface area contributed by atoms with Crippen LogP contribution in [0.1, 0.15) is 25.8 Å². The molecule has 0 amide bonds. The SMILES string of the molecule is CC1OCCC1(C)NS(=O)(=O)c1ccc(CCN)cc1. The maximum atomic E-state index is 12.4. The van der Waals surface area contributed by atoms with Gasteiger partial charge in [0.1, 0.15) is 0 Å². The lowest BCUT2D eigenvalue weighted by Gasteiger charge is -2.28. The molecule has 0 aliphatic carbocycles. The fourth-order valence-corrected chi connectivity index (χ4v) is 3.83. The third-order valence-corrected chi connectivity index (χ3v) is 5.55. The summed E-state index contributed by atoms with van der Waals surface area (Å²) < 4.78 is 33.1. The molecule has 2 atom stereocenters. The van der Waals surface area contributed by atoms with Crippen LogP contribution in [0.3, 0.4) is 0 Å². The Labute approximate surface area is 120 Å². The van der Waals surface area contributed by atoms with Crippen LogP contribution in [0.5, 0.6) is 0 Å². The van der Waals surface area contributed by atoms with Crippen molar-refractivity contribution in [2.75, 3.05) is 13.2 Å². The Kier molecular flexibility index (Phi) is 4.49. The second-order valence-electron chi connectivity index (χ2n) is 5.47. The van der Waals surface area contributed by atoms with E-state index in [0.29, 0.717) is 19.6 Å². The standard InChI is InChI=1S/C14H22N2O3S/c1-11-14(2,8-10-19-11)16-20(17,18)13-5-3-12(4-6-13)7-9-15/h3-6,11,16H,7-10,15H2,1-2H3. The van der Waals surface area contributed by atoms with Gasteiger partial charge < -0.3 is 10.5 Å². The Morgan fingerprint density at radius 2 is 2.05 bits per heavy atom. The zero-order chi connectivity index (χ0) is 14.8. The minimum Gasteiger partial charge on any atom is -0.376 e. The van der Waals surface area contributed by atoms with Crippen molar-refractivity contribution < 1.29 is 13.2 Å². The maximum absolute atomic E-state index is 12.4. The minimum absolute atomic E-state index is 0.131. The Morgan fingerprint density at radius 3 is 2.55 bits per heavy atom. The van der Waals surface area contributed by atoms with E-state index in [1.54, 1.807) is 24.3 Å². The van der Waals surface area contributed by atoms with E-state index in [1.807, 2.05) is 13.8 Å². The van der Waals surface area contributed by atoms with E-state index in [0.717, 1.165) is 12.0 Å². The van der Waals surface area contributed by atoms with Crippen molar-refractivity contribution in [3.63, 3.8) is 0 Å². The predicted molar refractivity (Wildman–Crippen MR) is 78.0 cm³/mol. The molecule has 0 spiro atoms. The van der Waals surface area contributed by atoms with Crippen LogP contribution in [-0.2, 0) is 21.2 Å². The molecule has 1 fully saturated rings. The Hall–Kier alpha value is -0.950. The first-order valence-electron chi connectivity index (χ1n) is 6.82. The number of sulfonamides is 1. The molecule has 1 aromatic carbocycles. The van der Waals surface area contributed by atoms with Crippen LogP contribution in [0, 0.1) is 0 Å². The van der Waals surface area contributed by atoms with Crippen molar-refractivity contribution in [3.05, 3.63) is 29.8 Å². The van der Waals surface area contributed by atoms with Crippen LogP contribution < -0.4 is 10.5 Å². The van der Waals surface area contributed by atoms with Gasteiger partial charge in [0.15, 0.2) is 0 Å². The predicted octanol–water partition coefficient (Wildman–Crippen LogP) is 1.03. The highest BCUT2D eigenvalue weighted by atomic mass is 32.2. The van der Waals surface area contributed by atoms with Crippen LogP contribution in [0.2, 0.25) is 0 Å². The third kappa shape index (κ3) is 3.20. The van der Waals surface area contributed by atoms with Crippen LogP contribution in [0.25, 0.3) is 0 Å². The first-order valence-corrected chi connectivity index (χ1v) is 8.30. The van der Waals surface area contributed by atoms with Gasteiger partial charge in [0.2, 0.25) is 10.0 Å². The first kappa shape index (κ1) is 15.4. The summed E-state index contributed by atoms with van der Waals surface area (Å²) in [4.78, 5) is 0.276. The molecule has 1 saturated heterocycles. The number of rotatable bonds is 5. The van der Waals surface area contributed by atoms with Crippen molar-refractivity contribution in [1.29, 1.82) is 0 Å². The molecule has 112 valence electrons. The molecule has 5 nitrogen and oxygen atoms in total. The van der Waals surface area contributed by atoms with E-state index in [4.69, 9.17) is 10.5 Å². The summed E-state index contributed by atoms with van der Waals surface area (Å²) in [5, 5.41) is 0. The molecule has 1 aliphatic rings. The first-order chi connectivity index (χ1) is 9.37. The number of hydrogen-bond acceptors (Lipinski definition) is 4. The molecule has 0 saturated carbocycles. The summed E-state index contributed by atoms with van der Waals surface area (Å²) in [6.07, 6.45) is 1.29. The van der Waals surface area contributed by atoms with Gasteiger partial charge in [-0.15, -0.1) is 0 Å². The highest BCUT2D eigenvalue weighted by molar-refractivity contribution is 7.89. The average Bonchev–Trinajstić information content (AvgIpc) is 2.69. The van der Waals surface area contributed by atoms with Gasteiger partial charge >= 0.3 is 0 Å². The van der Waals surface area contributed by atoms with Crippen LogP contribution in [-0.4, -0.2) is 33.2 Å². The van der Waals surface area contributed by atoms with Gasteiger partial charge in [0.05, 0.1) is 16.5 Å². The summed E-state index contributed by atoms with van der Waals surface area (Å²) in [7, 11) is -3.53. The zero-order valence-corrected chi connectivity index (χ0v) is 12.7. The molecule has 0 aromatic heterocycles. The van der Waals surface area contributed by atoms with E-state index in [1.165, 1.54) is 0 Å². The monoisotopic (exact) mass is 298 g/mol. The maximum Gasteiger partial charge on any atom is 0.241 e. The molecular formula is C14H22N2O3S. The van der Waals surface area contributed by atoms with Gasteiger partial charge in [-0.1, -0.05) is 12.1 Å². The van der Waals surface area contributed by atoms with Gasteiger partial charge in [-0.25, -0.2) is 13.1 Å². The van der Waals surface area contributed by atoms with Gasteiger partial charge in [-0.3, -0.25) is 0 Å². The van der Waals surface area contributed by atoms with Gasteiger partial charge in [-0.2, -0.15) is 0 Å². The molecule has 0 bridgehead atoms. The van der Waals surface area contributed by atoms with Crippen molar-refractivity contribution >= 4 is 10.0 Å². The summed E-state index contributed by atoms with van der Waals surface area (Å²) in [5.41, 5.74) is 5.97. The topological polar surface area (TPSA) is 81.4 Å². The number of nitrogens with two attached hydrogens (primary N) is 1. The van der Waals surface area contributed by atoms with Crippen molar-refractivity contribution in [3.8, 4) is 0 Å². The van der Waals surface area contributed by atoms with Crippen molar-refractivity contribution in [2.24, 2.45) is 5.73 Å². The second-order valence-corrected chi connectivity index (χ2v) is 7.15. The molecule has 20 heavy (non-hydrogen) atoms. The van der Waals surface area contributed by atoms with Crippen LogP contribution in [0.15, 0.2) is 29.2 Å². The molecular weight excluding hydrogens is 276 g/mol. The normalized spacial score (nSPS) is 26.9. The van der Waals surface area contributed by atoms with Crippen LogP contribution >= 0.6 is 0 Å². The van der Waals surface area contributed by atoms with E-state index >= 15 is 0 Å². The Morgan fingerprint density at radius 1 is 1.40 bits per heavy atom. The van der Waals surface area contributed by atoms with Gasteiger partial charge in [0, 0.05) is 6.61 Å². The number of benzene rings is 1. The number of hydrogen-bond donors (Lipinski definition) is 2. The summed E-state index contributed by atoms with van der Waals surface area (Å²) in [6.45, 7) is 4.90. The third-order valence-electron chi connectivity index (χ3n) is 3.92. The van der Waals surface area contributed by atoms with Gasteiger partial charge in [0.25, 0.3) is 0 Å². The molecule has 2 unspecified atom stereocenters. The molecule has 6 heteroatoms. The summed E-state index contributed by atoms with van der Waals surface area (Å²) in [6, 6.07) is 6.85. The molecule has 0 radical (unpaired) electrons. The fourth-order valence-electron chi connectivity index (χ4n) is 2.34. The van der Waals surface area contributed by atoms with E-state index < -0.39 is 15.6 Å². The Balaban J connectivity index is 2.18. The smallest absolute Gasteiger partial charge is 0.241 e. The number of ether oxygens (including phenoxy) is 1.